The Bertz CT molecular complexity index is 1050. The molecule has 2 aromatic carbocycles. The van der Waals surface area contributed by atoms with Gasteiger partial charge >= 0.3 is 27.0 Å². The first kappa shape index (κ1) is 26.9. The predicted molar refractivity (Wildman–Crippen MR) is 116 cm³/mol. The van der Waals surface area contributed by atoms with E-state index in [-0.39, 0.29) is 14.7 Å². The second-order valence-corrected chi connectivity index (χ2v) is 12.1. The van der Waals surface area contributed by atoms with E-state index in [9.17, 15) is 26.7 Å². The molecule has 172 valence electrons. The van der Waals surface area contributed by atoms with Crippen molar-refractivity contribution in [2.75, 3.05) is 0 Å². The summed E-state index contributed by atoms with van der Waals surface area (Å²) in [6, 6.07) is 7.90. The molecule has 0 heterocycles. The van der Waals surface area contributed by atoms with Crippen LogP contribution in [0.4, 0.5) is 17.6 Å². The van der Waals surface area contributed by atoms with Crippen LogP contribution in [-0.2, 0) is 26.3 Å². The Balaban J connectivity index is 2.03. The zero-order valence-corrected chi connectivity index (χ0v) is 20.9. The summed E-state index contributed by atoms with van der Waals surface area (Å²) in [5, 5.41) is 0. The van der Waals surface area contributed by atoms with Gasteiger partial charge in [-0.25, -0.2) is 4.57 Å². The van der Waals surface area contributed by atoms with E-state index >= 15 is 0 Å². The number of rotatable bonds is 9. The van der Waals surface area contributed by atoms with Crippen molar-refractivity contribution in [1.29, 1.82) is 0 Å². The molecule has 0 aliphatic heterocycles. The topological polar surface area (TPSA) is 104 Å². The molecule has 0 aromatic heterocycles. The third-order valence-electron chi connectivity index (χ3n) is 3.73. The van der Waals surface area contributed by atoms with Gasteiger partial charge < -0.3 is 19.2 Å². The molecular weight excluding hydrogens is 618 g/mol. The minimum Gasteiger partial charge on any atom is -0.420 e. The van der Waals surface area contributed by atoms with Gasteiger partial charge in [-0.3, -0.25) is 4.57 Å². The fourth-order valence-electron chi connectivity index (χ4n) is 2.22. The molecule has 0 spiro atoms. The van der Waals surface area contributed by atoms with E-state index in [1.807, 2.05) is 0 Å². The smallest absolute Gasteiger partial charge is 0.420 e. The van der Waals surface area contributed by atoms with Gasteiger partial charge in [0.15, 0.2) is 0 Å². The van der Waals surface area contributed by atoms with Crippen LogP contribution in [0.15, 0.2) is 45.3 Å². The number of thioether (sulfide) groups is 1. The number of halogens is 6. The molecule has 0 fully saturated rings. The van der Waals surface area contributed by atoms with Crippen LogP contribution >= 0.6 is 58.8 Å². The molecule has 6 nitrogen and oxygen atoms in total. The van der Waals surface area contributed by atoms with Crippen LogP contribution < -0.4 is 4.52 Å². The van der Waals surface area contributed by atoms with Crippen molar-refractivity contribution in [2.24, 2.45) is 0 Å². The van der Waals surface area contributed by atoms with Crippen LogP contribution in [-0.4, -0.2) is 20.8 Å². The molecule has 0 saturated carbocycles. The van der Waals surface area contributed by atoms with Crippen molar-refractivity contribution in [1.82, 2.24) is 0 Å². The molecule has 15 heteroatoms. The van der Waals surface area contributed by atoms with Crippen molar-refractivity contribution < 1.29 is 45.9 Å². The first-order chi connectivity index (χ1) is 14.1. The standard InChI is InChI=1S/C16H14Br2F4O6P2S/c17-12-5-9(1-3-11(12)16(21,22)30(25,26)27)7-31-8-10-2-4-14(13(18)6-10)28-29(23,24)15(19)20/h1-6,15H,7-8H2,(H,23,24)(H2,25,26,27). The number of hydrogen-bond acceptors (Lipinski definition) is 4. The minimum absolute atomic E-state index is 0.143. The van der Waals surface area contributed by atoms with E-state index in [2.05, 4.69) is 36.4 Å². The summed E-state index contributed by atoms with van der Waals surface area (Å²) < 4.78 is 79.5. The lowest BCUT2D eigenvalue weighted by molar-refractivity contribution is 0.0557. The van der Waals surface area contributed by atoms with E-state index in [0.29, 0.717) is 17.1 Å². The highest BCUT2D eigenvalue weighted by molar-refractivity contribution is 9.10. The molecule has 3 N–H and O–H groups in total. The lowest BCUT2D eigenvalue weighted by atomic mass is 10.1. The Kier molecular flexibility index (Phi) is 8.89. The van der Waals surface area contributed by atoms with Gasteiger partial charge in [-0.2, -0.15) is 29.3 Å². The zero-order valence-electron chi connectivity index (χ0n) is 15.1. The molecule has 31 heavy (non-hydrogen) atoms. The van der Waals surface area contributed by atoms with Crippen molar-refractivity contribution in [3.63, 3.8) is 0 Å². The van der Waals surface area contributed by atoms with E-state index < -0.39 is 32.6 Å². The molecule has 2 rings (SSSR count). The highest BCUT2D eigenvalue weighted by atomic mass is 79.9. The number of benzene rings is 2. The van der Waals surface area contributed by atoms with Gasteiger partial charge in [0.25, 0.3) is 0 Å². The van der Waals surface area contributed by atoms with Crippen molar-refractivity contribution >= 4 is 58.8 Å². The van der Waals surface area contributed by atoms with Crippen LogP contribution in [0.5, 0.6) is 5.75 Å². The normalized spacial score (nSPS) is 14.5. The summed E-state index contributed by atoms with van der Waals surface area (Å²) in [6.45, 7) is 0. The van der Waals surface area contributed by atoms with Crippen molar-refractivity contribution in [3.05, 3.63) is 62.0 Å². The molecule has 1 atom stereocenters. The molecule has 0 aliphatic carbocycles. The summed E-state index contributed by atoms with van der Waals surface area (Å²) in [7, 11) is -10.8. The molecule has 0 aliphatic rings. The average molecular weight is 632 g/mol. The average Bonchev–Trinajstić information content (AvgIpc) is 2.62. The molecule has 0 amide bonds. The van der Waals surface area contributed by atoms with Crippen molar-refractivity contribution in [2.45, 2.75) is 23.3 Å². The number of alkyl halides is 4. The van der Waals surface area contributed by atoms with Gasteiger partial charge in [-0.15, -0.1) is 0 Å². The SMILES string of the molecule is O=P(O)(Oc1ccc(CSCc2ccc(C(F)(F)P(=O)(O)O)c(Br)c2)cc1Br)C(F)F. The largest absolute Gasteiger partial charge is 0.442 e. The quantitative estimate of drug-likeness (QED) is 0.210. The first-order valence-corrected chi connectivity index (χ1v) is 14.0. The Hall–Kier alpha value is -0.390. The fraction of sp³-hybridized carbons (Fsp3) is 0.250. The van der Waals surface area contributed by atoms with Crippen LogP contribution in [0, 0.1) is 0 Å². The molecular formula is C16H14Br2F4O6P2S. The second kappa shape index (κ2) is 10.3. The Morgan fingerprint density at radius 3 is 1.94 bits per heavy atom. The predicted octanol–water partition coefficient (Wildman–Crippen LogP) is 6.66. The molecule has 0 saturated heterocycles. The van der Waals surface area contributed by atoms with Crippen molar-refractivity contribution in [3.8, 4) is 5.75 Å². The maximum absolute atomic E-state index is 13.9. The van der Waals surface area contributed by atoms with Gasteiger partial charge in [0.1, 0.15) is 5.75 Å². The molecule has 1 unspecified atom stereocenters. The van der Waals surface area contributed by atoms with Gasteiger partial charge in [-0.1, -0.05) is 34.1 Å². The van der Waals surface area contributed by atoms with Gasteiger partial charge in [0.2, 0.25) is 0 Å². The van der Waals surface area contributed by atoms with Gasteiger partial charge in [0.05, 0.1) is 4.47 Å². The Labute approximate surface area is 195 Å². The van der Waals surface area contributed by atoms with E-state index in [4.69, 9.17) is 14.7 Å². The summed E-state index contributed by atoms with van der Waals surface area (Å²) in [4.78, 5) is 26.8. The second-order valence-electron chi connectivity index (χ2n) is 6.09. The summed E-state index contributed by atoms with van der Waals surface area (Å²) in [5.74, 6) is 0.570. The Morgan fingerprint density at radius 1 is 0.968 bits per heavy atom. The van der Waals surface area contributed by atoms with Gasteiger partial charge in [-0.05, 0) is 45.3 Å². The Morgan fingerprint density at radius 2 is 1.48 bits per heavy atom. The lowest BCUT2D eigenvalue weighted by Gasteiger charge is -2.19. The summed E-state index contributed by atoms with van der Waals surface area (Å²) >= 11 is 7.37. The van der Waals surface area contributed by atoms with Crippen LogP contribution in [0.25, 0.3) is 0 Å². The van der Waals surface area contributed by atoms with E-state index in [1.165, 1.54) is 42.1 Å². The highest BCUT2D eigenvalue weighted by Crippen LogP contribution is 2.60. The summed E-state index contributed by atoms with van der Waals surface area (Å²) in [6.07, 6.45) is -3.54. The first-order valence-electron chi connectivity index (χ1n) is 8.04. The highest BCUT2D eigenvalue weighted by Gasteiger charge is 2.51. The third kappa shape index (κ3) is 6.80. The number of hydrogen-bond donors (Lipinski definition) is 3. The minimum atomic E-state index is -5.68. The van der Waals surface area contributed by atoms with E-state index in [0.717, 1.165) is 11.6 Å². The van der Waals surface area contributed by atoms with Crippen LogP contribution in [0.3, 0.4) is 0 Å². The monoisotopic (exact) mass is 630 g/mol. The molecule has 0 radical (unpaired) electrons. The molecule has 0 bridgehead atoms. The fourth-order valence-corrected chi connectivity index (χ4v) is 5.65. The van der Waals surface area contributed by atoms with Crippen LogP contribution in [0.2, 0.25) is 0 Å². The zero-order chi connectivity index (χ0) is 23.6. The lowest BCUT2D eigenvalue weighted by Crippen LogP contribution is -2.14. The van der Waals surface area contributed by atoms with Crippen LogP contribution in [0.1, 0.15) is 16.7 Å². The maximum atomic E-state index is 13.9. The molecule has 2 aromatic rings. The van der Waals surface area contributed by atoms with Gasteiger partial charge in [0, 0.05) is 21.5 Å². The van der Waals surface area contributed by atoms with E-state index in [1.54, 1.807) is 0 Å². The third-order valence-corrected chi connectivity index (χ3v) is 8.01. The maximum Gasteiger partial charge on any atom is 0.442 e. The summed E-state index contributed by atoms with van der Waals surface area (Å²) in [5.41, 5.74) is -3.81.